The van der Waals surface area contributed by atoms with Crippen molar-refractivity contribution in [1.29, 1.82) is 0 Å². The summed E-state index contributed by atoms with van der Waals surface area (Å²) in [4.78, 5) is 24.0. The van der Waals surface area contributed by atoms with Crippen molar-refractivity contribution in [2.24, 2.45) is 0 Å². The Morgan fingerprint density at radius 3 is 2.11 bits per heavy atom. The summed E-state index contributed by atoms with van der Waals surface area (Å²) in [5.41, 5.74) is 0.730. The number of nitrogens with one attached hydrogen (secondary N) is 2. The highest BCUT2D eigenvalue weighted by Gasteiger charge is 2.31. The predicted molar refractivity (Wildman–Crippen MR) is 98.7 cm³/mol. The van der Waals surface area contributed by atoms with Crippen molar-refractivity contribution >= 4 is 35.0 Å². The van der Waals surface area contributed by atoms with Gasteiger partial charge in [0, 0.05) is 11.4 Å². The third kappa shape index (κ3) is 7.47. The Morgan fingerprint density at radius 2 is 1.54 bits per heavy atom. The fourth-order valence-electron chi connectivity index (χ4n) is 1.99. The molecule has 0 saturated carbocycles. The molecule has 10 heteroatoms. The summed E-state index contributed by atoms with van der Waals surface area (Å²) in [5, 5.41) is 4.52. The molecule has 0 radical (unpaired) electrons. The molecule has 1 unspecified atom stereocenters. The summed E-state index contributed by atoms with van der Waals surface area (Å²) in [6.07, 6.45) is -4.79. The summed E-state index contributed by atoms with van der Waals surface area (Å²) in [6.45, 7) is 1.59. The van der Waals surface area contributed by atoms with Crippen LogP contribution in [0.3, 0.4) is 0 Å². The number of ether oxygens (including phenoxy) is 1. The minimum Gasteiger partial charge on any atom is -0.406 e. The van der Waals surface area contributed by atoms with Crippen LogP contribution in [0.4, 0.5) is 28.9 Å². The Bertz CT molecular complexity index is 811. The standard InChI is InChI=1S/C18H16F4N2O3S/c1-11(28-10-16(25)23-13-4-2-12(19)3-5-13)17(26)24-14-6-8-15(9-7-14)27-18(20,21)22/h2-9,11H,10H2,1H3,(H,23,25)(H,24,26). The third-order valence-corrected chi connectivity index (χ3v) is 4.46. The third-order valence-electron chi connectivity index (χ3n) is 3.32. The van der Waals surface area contributed by atoms with Gasteiger partial charge in [0.15, 0.2) is 0 Å². The van der Waals surface area contributed by atoms with Gasteiger partial charge in [0.05, 0.1) is 11.0 Å². The van der Waals surface area contributed by atoms with Crippen molar-refractivity contribution in [3.63, 3.8) is 0 Å². The average molecular weight is 416 g/mol. The van der Waals surface area contributed by atoms with E-state index in [9.17, 15) is 27.2 Å². The second kappa shape index (κ2) is 9.45. The van der Waals surface area contributed by atoms with Crippen LogP contribution in [-0.4, -0.2) is 29.2 Å². The molecule has 150 valence electrons. The number of carbonyl (C=O) groups excluding carboxylic acids is 2. The second-order valence-corrected chi connectivity index (χ2v) is 6.90. The molecule has 0 fully saturated rings. The van der Waals surface area contributed by atoms with Crippen LogP contribution >= 0.6 is 11.8 Å². The number of hydrogen-bond acceptors (Lipinski definition) is 4. The first kappa shape index (κ1) is 21.5. The molecule has 28 heavy (non-hydrogen) atoms. The summed E-state index contributed by atoms with van der Waals surface area (Å²) < 4.78 is 52.9. The van der Waals surface area contributed by atoms with Gasteiger partial charge in [-0.3, -0.25) is 9.59 Å². The van der Waals surface area contributed by atoms with Gasteiger partial charge in [0.25, 0.3) is 0 Å². The molecule has 0 saturated heterocycles. The molecule has 2 rings (SSSR count). The zero-order valence-electron chi connectivity index (χ0n) is 14.5. The van der Waals surface area contributed by atoms with Crippen LogP contribution < -0.4 is 15.4 Å². The average Bonchev–Trinajstić information content (AvgIpc) is 2.62. The maximum absolute atomic E-state index is 12.8. The summed E-state index contributed by atoms with van der Waals surface area (Å²) >= 11 is 1.07. The van der Waals surface area contributed by atoms with Gasteiger partial charge in [-0.1, -0.05) is 0 Å². The molecule has 2 aromatic carbocycles. The van der Waals surface area contributed by atoms with Gasteiger partial charge in [-0.15, -0.1) is 24.9 Å². The Balaban J connectivity index is 1.79. The minimum absolute atomic E-state index is 0.00960. The summed E-state index contributed by atoms with van der Waals surface area (Å²) in [6, 6.07) is 9.97. The van der Waals surface area contributed by atoms with Crippen molar-refractivity contribution in [3.8, 4) is 5.75 Å². The lowest BCUT2D eigenvalue weighted by molar-refractivity contribution is -0.274. The lowest BCUT2D eigenvalue weighted by Crippen LogP contribution is -2.25. The van der Waals surface area contributed by atoms with Gasteiger partial charge in [-0.25, -0.2) is 4.39 Å². The zero-order chi connectivity index (χ0) is 20.7. The first-order chi connectivity index (χ1) is 13.1. The number of anilines is 2. The van der Waals surface area contributed by atoms with Crippen molar-refractivity contribution in [1.82, 2.24) is 0 Å². The molecule has 2 aromatic rings. The van der Waals surface area contributed by atoms with Gasteiger partial charge < -0.3 is 15.4 Å². The molecular formula is C18H16F4N2O3S. The number of hydrogen-bond donors (Lipinski definition) is 2. The van der Waals surface area contributed by atoms with Crippen LogP contribution in [0.2, 0.25) is 0 Å². The minimum atomic E-state index is -4.79. The van der Waals surface area contributed by atoms with Gasteiger partial charge in [-0.2, -0.15) is 0 Å². The first-order valence-corrected chi connectivity index (χ1v) is 9.01. The predicted octanol–water partition coefficient (Wildman–Crippen LogP) is 4.42. The Kier molecular flexibility index (Phi) is 7.27. The Hall–Kier alpha value is -2.75. The van der Waals surface area contributed by atoms with Gasteiger partial charge >= 0.3 is 6.36 Å². The van der Waals surface area contributed by atoms with E-state index in [-0.39, 0.29) is 11.7 Å². The molecule has 0 aliphatic rings. The van der Waals surface area contributed by atoms with Crippen LogP contribution in [0.1, 0.15) is 6.92 Å². The molecule has 2 N–H and O–H groups in total. The molecular weight excluding hydrogens is 400 g/mol. The molecule has 0 aliphatic heterocycles. The highest BCUT2D eigenvalue weighted by Crippen LogP contribution is 2.24. The van der Waals surface area contributed by atoms with Gasteiger partial charge in [-0.05, 0) is 55.5 Å². The van der Waals surface area contributed by atoms with Crippen LogP contribution in [-0.2, 0) is 9.59 Å². The lowest BCUT2D eigenvalue weighted by Gasteiger charge is -2.13. The number of halogens is 4. The largest absolute Gasteiger partial charge is 0.573 e. The normalized spacial score (nSPS) is 12.2. The fourth-order valence-corrected chi connectivity index (χ4v) is 2.67. The van der Waals surface area contributed by atoms with Gasteiger partial charge in [0.1, 0.15) is 11.6 Å². The lowest BCUT2D eigenvalue weighted by atomic mass is 10.3. The van der Waals surface area contributed by atoms with Crippen LogP contribution in [0.5, 0.6) is 5.75 Å². The van der Waals surface area contributed by atoms with Crippen molar-refractivity contribution in [2.75, 3.05) is 16.4 Å². The molecule has 0 aliphatic carbocycles. The fraction of sp³-hybridized carbons (Fsp3) is 0.222. The van der Waals surface area contributed by atoms with E-state index in [1.807, 2.05) is 0 Å². The van der Waals surface area contributed by atoms with E-state index in [0.29, 0.717) is 11.4 Å². The quantitative estimate of drug-likeness (QED) is 0.656. The molecule has 5 nitrogen and oxygen atoms in total. The molecule has 0 aromatic heterocycles. The zero-order valence-corrected chi connectivity index (χ0v) is 15.4. The number of rotatable bonds is 7. The smallest absolute Gasteiger partial charge is 0.406 e. The molecule has 0 spiro atoms. The van der Waals surface area contributed by atoms with Crippen LogP contribution in [0, 0.1) is 5.82 Å². The van der Waals surface area contributed by atoms with Crippen molar-refractivity contribution in [3.05, 3.63) is 54.3 Å². The van der Waals surface area contributed by atoms with E-state index in [0.717, 1.165) is 23.9 Å². The number of amides is 2. The first-order valence-electron chi connectivity index (χ1n) is 7.96. The van der Waals surface area contributed by atoms with Crippen LogP contribution in [0.25, 0.3) is 0 Å². The van der Waals surface area contributed by atoms with E-state index in [1.54, 1.807) is 6.92 Å². The number of alkyl halides is 3. The van der Waals surface area contributed by atoms with E-state index >= 15 is 0 Å². The Morgan fingerprint density at radius 1 is 1.00 bits per heavy atom. The monoisotopic (exact) mass is 416 g/mol. The summed E-state index contributed by atoms with van der Waals surface area (Å²) in [5.74, 6) is -1.60. The van der Waals surface area contributed by atoms with Gasteiger partial charge in [0.2, 0.25) is 11.8 Å². The van der Waals surface area contributed by atoms with Crippen molar-refractivity contribution < 1.29 is 31.9 Å². The number of thioether (sulfide) groups is 1. The molecule has 2 amide bonds. The Labute approximate surface area is 162 Å². The second-order valence-electron chi connectivity index (χ2n) is 5.57. The van der Waals surface area contributed by atoms with E-state index in [4.69, 9.17) is 0 Å². The molecule has 0 heterocycles. The van der Waals surface area contributed by atoms with E-state index < -0.39 is 29.1 Å². The summed E-state index contributed by atoms with van der Waals surface area (Å²) in [7, 11) is 0. The number of benzene rings is 2. The van der Waals surface area contributed by atoms with E-state index in [1.165, 1.54) is 36.4 Å². The maximum Gasteiger partial charge on any atom is 0.573 e. The maximum atomic E-state index is 12.8. The topological polar surface area (TPSA) is 67.4 Å². The molecule has 0 bridgehead atoms. The van der Waals surface area contributed by atoms with E-state index in [2.05, 4.69) is 15.4 Å². The molecule has 1 atom stereocenters. The highest BCUT2D eigenvalue weighted by molar-refractivity contribution is 8.01. The SMILES string of the molecule is CC(SCC(=O)Nc1ccc(F)cc1)C(=O)Nc1ccc(OC(F)(F)F)cc1. The van der Waals surface area contributed by atoms with Crippen LogP contribution in [0.15, 0.2) is 48.5 Å². The number of carbonyl (C=O) groups is 2. The highest BCUT2D eigenvalue weighted by atomic mass is 32.2. The van der Waals surface area contributed by atoms with Crippen molar-refractivity contribution in [2.45, 2.75) is 18.5 Å².